The van der Waals surface area contributed by atoms with E-state index in [9.17, 15) is 4.79 Å². The quantitative estimate of drug-likeness (QED) is 0.683. The van der Waals surface area contributed by atoms with Crippen LogP contribution in [0.3, 0.4) is 0 Å². The fraction of sp³-hybridized carbons (Fsp3) is 0.375. The summed E-state index contributed by atoms with van der Waals surface area (Å²) < 4.78 is 4.87. The highest BCUT2D eigenvalue weighted by Crippen LogP contribution is 2.04. The Labute approximate surface area is 79.8 Å². The Hall–Kier alpha value is -0.770. The van der Waals surface area contributed by atoms with Crippen molar-refractivity contribution in [1.29, 1.82) is 0 Å². The lowest BCUT2D eigenvalue weighted by Gasteiger charge is -2.14. The van der Waals surface area contributed by atoms with Crippen molar-refractivity contribution in [3.63, 3.8) is 0 Å². The molecule has 1 aliphatic rings. The van der Waals surface area contributed by atoms with E-state index in [-0.39, 0.29) is 6.09 Å². The standard InChI is InChI=1S/C8H10BrNO2/c9-4-7-12-8(11)10-5-2-1-3-6-10/h2-3,5-6H,1,4,7H2. The molecule has 1 rings (SSSR count). The van der Waals surface area contributed by atoms with Gasteiger partial charge in [-0.05, 0) is 6.42 Å². The molecule has 0 spiro atoms. The van der Waals surface area contributed by atoms with Gasteiger partial charge in [0.15, 0.2) is 0 Å². The second-order valence-electron chi connectivity index (χ2n) is 2.22. The lowest BCUT2D eigenvalue weighted by molar-refractivity contribution is 0.134. The molecule has 0 saturated heterocycles. The van der Waals surface area contributed by atoms with Crippen molar-refractivity contribution in [3.05, 3.63) is 24.6 Å². The molecule has 0 aromatic heterocycles. The lowest BCUT2D eigenvalue weighted by Crippen LogP contribution is -2.22. The van der Waals surface area contributed by atoms with Gasteiger partial charge in [0, 0.05) is 17.7 Å². The zero-order valence-electron chi connectivity index (χ0n) is 6.57. The minimum atomic E-state index is -0.332. The number of carbonyl (C=O) groups is 1. The smallest absolute Gasteiger partial charge is 0.417 e. The van der Waals surface area contributed by atoms with Crippen LogP contribution in [0.25, 0.3) is 0 Å². The topological polar surface area (TPSA) is 29.5 Å². The zero-order valence-corrected chi connectivity index (χ0v) is 8.16. The van der Waals surface area contributed by atoms with Crippen LogP contribution in [-0.4, -0.2) is 22.9 Å². The highest BCUT2D eigenvalue weighted by Gasteiger charge is 2.09. The van der Waals surface area contributed by atoms with Crippen LogP contribution < -0.4 is 0 Å². The Kier molecular flexibility index (Phi) is 3.87. The molecule has 0 fully saturated rings. The Morgan fingerprint density at radius 2 is 2.17 bits per heavy atom. The third-order valence-electron chi connectivity index (χ3n) is 1.32. The number of allylic oxidation sites excluding steroid dienone is 2. The Balaban J connectivity index is 2.35. The molecule has 1 aliphatic heterocycles. The SMILES string of the molecule is O=C(OCCBr)N1C=CCC=C1. The predicted molar refractivity (Wildman–Crippen MR) is 49.9 cm³/mol. The number of nitrogens with zero attached hydrogens (tertiary/aromatic N) is 1. The third-order valence-corrected chi connectivity index (χ3v) is 1.64. The predicted octanol–water partition coefficient (Wildman–Crippen LogP) is 2.25. The lowest BCUT2D eigenvalue weighted by atomic mass is 10.3. The first-order valence-corrected chi connectivity index (χ1v) is 4.81. The van der Waals surface area contributed by atoms with Crippen LogP contribution >= 0.6 is 15.9 Å². The van der Waals surface area contributed by atoms with Crippen molar-refractivity contribution in [1.82, 2.24) is 4.90 Å². The molecule has 0 bridgehead atoms. The number of ether oxygens (including phenoxy) is 1. The monoisotopic (exact) mass is 231 g/mol. The molecule has 0 unspecified atom stereocenters. The van der Waals surface area contributed by atoms with Gasteiger partial charge in [0.25, 0.3) is 0 Å². The second-order valence-corrected chi connectivity index (χ2v) is 3.01. The Morgan fingerprint density at radius 1 is 1.50 bits per heavy atom. The first kappa shape index (κ1) is 9.32. The molecule has 0 aliphatic carbocycles. The van der Waals surface area contributed by atoms with Gasteiger partial charge in [-0.2, -0.15) is 0 Å². The van der Waals surface area contributed by atoms with E-state index in [1.807, 2.05) is 12.2 Å². The molecule has 1 amide bonds. The van der Waals surface area contributed by atoms with Crippen molar-refractivity contribution in [2.45, 2.75) is 6.42 Å². The summed E-state index contributed by atoms with van der Waals surface area (Å²) >= 11 is 3.17. The maximum Gasteiger partial charge on any atom is 0.417 e. The van der Waals surface area contributed by atoms with E-state index in [2.05, 4.69) is 15.9 Å². The van der Waals surface area contributed by atoms with E-state index < -0.39 is 0 Å². The van der Waals surface area contributed by atoms with Crippen LogP contribution in [0.15, 0.2) is 24.6 Å². The van der Waals surface area contributed by atoms with Gasteiger partial charge < -0.3 is 4.74 Å². The summed E-state index contributed by atoms with van der Waals surface area (Å²) in [5.74, 6) is 0. The van der Waals surface area contributed by atoms with Crippen molar-refractivity contribution in [3.8, 4) is 0 Å². The second kappa shape index (κ2) is 4.98. The van der Waals surface area contributed by atoms with Gasteiger partial charge in [0.05, 0.1) is 0 Å². The molecule has 0 N–H and O–H groups in total. The van der Waals surface area contributed by atoms with Gasteiger partial charge in [-0.15, -0.1) is 0 Å². The average molecular weight is 232 g/mol. The molecule has 3 nitrogen and oxygen atoms in total. The number of hydrogen-bond acceptors (Lipinski definition) is 2. The van der Waals surface area contributed by atoms with Gasteiger partial charge in [-0.1, -0.05) is 28.1 Å². The summed E-state index contributed by atoms with van der Waals surface area (Å²) in [6, 6.07) is 0. The average Bonchev–Trinajstić information content (AvgIpc) is 2.15. The first-order chi connectivity index (χ1) is 5.84. The van der Waals surface area contributed by atoms with Crippen LogP contribution in [0.2, 0.25) is 0 Å². The van der Waals surface area contributed by atoms with E-state index in [0.29, 0.717) is 11.9 Å². The fourth-order valence-electron chi connectivity index (χ4n) is 0.799. The van der Waals surface area contributed by atoms with Gasteiger partial charge in [-0.25, -0.2) is 4.79 Å². The summed E-state index contributed by atoms with van der Waals surface area (Å²) in [4.78, 5) is 12.6. The molecule has 0 radical (unpaired) electrons. The van der Waals surface area contributed by atoms with Crippen molar-refractivity contribution in [2.75, 3.05) is 11.9 Å². The molecule has 0 atom stereocenters. The maximum absolute atomic E-state index is 11.1. The molecular formula is C8H10BrNO2. The minimum Gasteiger partial charge on any atom is -0.448 e. The number of hydrogen-bond donors (Lipinski definition) is 0. The van der Waals surface area contributed by atoms with E-state index >= 15 is 0 Å². The Morgan fingerprint density at radius 3 is 2.75 bits per heavy atom. The van der Waals surface area contributed by atoms with Crippen LogP contribution in [0.1, 0.15) is 6.42 Å². The van der Waals surface area contributed by atoms with E-state index in [1.54, 1.807) is 12.4 Å². The molecule has 4 heteroatoms. The molecule has 1 heterocycles. The van der Waals surface area contributed by atoms with Gasteiger partial charge in [0.2, 0.25) is 0 Å². The van der Waals surface area contributed by atoms with Gasteiger partial charge in [0.1, 0.15) is 6.61 Å². The van der Waals surface area contributed by atoms with Crippen LogP contribution in [-0.2, 0) is 4.74 Å². The van der Waals surface area contributed by atoms with Crippen molar-refractivity contribution >= 4 is 22.0 Å². The summed E-state index contributed by atoms with van der Waals surface area (Å²) in [5.41, 5.74) is 0. The highest BCUT2D eigenvalue weighted by molar-refractivity contribution is 9.09. The molecule has 0 saturated carbocycles. The number of rotatable bonds is 2. The Bertz CT molecular complexity index is 201. The molecular weight excluding hydrogens is 222 g/mol. The molecule has 66 valence electrons. The zero-order chi connectivity index (χ0) is 8.81. The number of halogens is 1. The number of alkyl halides is 1. The first-order valence-electron chi connectivity index (χ1n) is 3.69. The summed E-state index contributed by atoms with van der Waals surface area (Å²) in [6.07, 6.45) is 7.75. The van der Waals surface area contributed by atoms with Crippen LogP contribution in [0, 0.1) is 0 Å². The summed E-state index contributed by atoms with van der Waals surface area (Å²) in [7, 11) is 0. The summed E-state index contributed by atoms with van der Waals surface area (Å²) in [6.45, 7) is 0.400. The van der Waals surface area contributed by atoms with E-state index in [0.717, 1.165) is 6.42 Å². The van der Waals surface area contributed by atoms with Gasteiger partial charge in [-0.3, -0.25) is 4.90 Å². The number of amides is 1. The highest BCUT2D eigenvalue weighted by atomic mass is 79.9. The maximum atomic E-state index is 11.1. The third kappa shape index (κ3) is 2.70. The van der Waals surface area contributed by atoms with Crippen molar-refractivity contribution in [2.24, 2.45) is 0 Å². The van der Waals surface area contributed by atoms with Gasteiger partial charge >= 0.3 is 6.09 Å². The molecule has 0 aromatic carbocycles. The van der Waals surface area contributed by atoms with E-state index in [1.165, 1.54) is 4.90 Å². The molecule has 0 aromatic rings. The number of carbonyl (C=O) groups excluding carboxylic acids is 1. The fourth-order valence-corrected chi connectivity index (χ4v) is 0.961. The van der Waals surface area contributed by atoms with E-state index in [4.69, 9.17) is 4.74 Å². The molecule has 12 heavy (non-hydrogen) atoms. The van der Waals surface area contributed by atoms with Crippen molar-refractivity contribution < 1.29 is 9.53 Å². The minimum absolute atomic E-state index is 0.332. The van der Waals surface area contributed by atoms with Crippen LogP contribution in [0.5, 0.6) is 0 Å². The normalized spacial score (nSPS) is 14.9. The van der Waals surface area contributed by atoms with Crippen LogP contribution in [0.4, 0.5) is 4.79 Å². The largest absolute Gasteiger partial charge is 0.448 e. The summed E-state index contributed by atoms with van der Waals surface area (Å²) in [5, 5.41) is 0.667.